The van der Waals surface area contributed by atoms with Gasteiger partial charge in [0.1, 0.15) is 13.2 Å². The van der Waals surface area contributed by atoms with Crippen molar-refractivity contribution >= 4 is 17.9 Å². The molecule has 58 heavy (non-hydrogen) atoms. The van der Waals surface area contributed by atoms with Crippen molar-refractivity contribution in [1.82, 2.24) is 0 Å². The molecule has 0 saturated carbocycles. The van der Waals surface area contributed by atoms with Crippen LogP contribution in [0.1, 0.15) is 233 Å². The van der Waals surface area contributed by atoms with Crippen LogP contribution in [0.3, 0.4) is 0 Å². The quantitative estimate of drug-likeness (QED) is 0.0264. The summed E-state index contributed by atoms with van der Waals surface area (Å²) in [5.41, 5.74) is 0. The summed E-state index contributed by atoms with van der Waals surface area (Å²) >= 11 is 0. The van der Waals surface area contributed by atoms with Crippen LogP contribution in [-0.2, 0) is 28.6 Å². The van der Waals surface area contributed by atoms with Gasteiger partial charge in [-0.15, -0.1) is 0 Å². The molecule has 0 amide bonds. The van der Waals surface area contributed by atoms with Crippen molar-refractivity contribution in [1.29, 1.82) is 0 Å². The summed E-state index contributed by atoms with van der Waals surface area (Å²) in [6.07, 6.45) is 56.3. The Kier molecular flexibility index (Phi) is 44.5. The fourth-order valence-corrected chi connectivity index (χ4v) is 6.67. The van der Waals surface area contributed by atoms with Crippen molar-refractivity contribution < 1.29 is 28.6 Å². The largest absolute Gasteiger partial charge is 0.462 e. The Labute approximate surface area is 358 Å². The monoisotopic (exact) mass is 811 g/mol. The van der Waals surface area contributed by atoms with Crippen LogP contribution >= 0.6 is 0 Å². The number of esters is 3. The van der Waals surface area contributed by atoms with Gasteiger partial charge < -0.3 is 14.2 Å². The summed E-state index contributed by atoms with van der Waals surface area (Å²) in [7, 11) is 0. The van der Waals surface area contributed by atoms with Crippen LogP contribution < -0.4 is 0 Å². The number of allylic oxidation sites excluding steroid dienone is 10. The smallest absolute Gasteiger partial charge is 0.306 e. The molecule has 6 nitrogen and oxygen atoms in total. The van der Waals surface area contributed by atoms with E-state index in [0.717, 1.165) is 109 Å². The second kappa shape index (κ2) is 46.8. The van der Waals surface area contributed by atoms with E-state index in [0.29, 0.717) is 19.3 Å². The molecule has 0 aliphatic carbocycles. The average Bonchev–Trinajstić information content (AvgIpc) is 3.22. The molecule has 1 atom stereocenters. The van der Waals surface area contributed by atoms with Gasteiger partial charge in [-0.05, 0) is 77.0 Å². The molecule has 0 aliphatic heterocycles. The van der Waals surface area contributed by atoms with Crippen LogP contribution in [0.2, 0.25) is 0 Å². The Morgan fingerprint density at radius 1 is 0.362 bits per heavy atom. The summed E-state index contributed by atoms with van der Waals surface area (Å²) < 4.78 is 16.7. The van der Waals surface area contributed by atoms with Crippen LogP contribution in [0.5, 0.6) is 0 Å². The molecule has 0 bridgehead atoms. The fourth-order valence-electron chi connectivity index (χ4n) is 6.67. The Bertz CT molecular complexity index is 1070. The van der Waals surface area contributed by atoms with Gasteiger partial charge in [-0.2, -0.15) is 0 Å². The van der Waals surface area contributed by atoms with E-state index in [2.05, 4.69) is 81.5 Å². The normalized spacial score (nSPS) is 12.5. The van der Waals surface area contributed by atoms with Crippen LogP contribution in [0, 0.1) is 0 Å². The number of rotatable bonds is 43. The van der Waals surface area contributed by atoms with E-state index in [9.17, 15) is 14.4 Å². The molecule has 0 heterocycles. The SMILES string of the molecule is CC/C=C\C/C=C\C/C=C\CCCCCCC(=O)OCC(COC(=O)CCCCCCCCCCCCCC)OC(=O)CCCCCCCCC/C=C\C/C=C\CC. The van der Waals surface area contributed by atoms with E-state index < -0.39 is 6.10 Å². The van der Waals surface area contributed by atoms with Gasteiger partial charge in [-0.1, -0.05) is 197 Å². The van der Waals surface area contributed by atoms with Gasteiger partial charge in [0.15, 0.2) is 6.10 Å². The fraction of sp³-hybridized carbons (Fsp3) is 0.750. The average molecular weight is 811 g/mol. The summed E-state index contributed by atoms with van der Waals surface area (Å²) in [6.45, 7) is 6.39. The lowest BCUT2D eigenvalue weighted by molar-refractivity contribution is -0.167. The van der Waals surface area contributed by atoms with Gasteiger partial charge in [0, 0.05) is 19.3 Å². The van der Waals surface area contributed by atoms with Crippen molar-refractivity contribution in [3.63, 3.8) is 0 Å². The molecule has 0 fully saturated rings. The van der Waals surface area contributed by atoms with Gasteiger partial charge in [0.05, 0.1) is 0 Å². The molecular formula is C52H90O6. The number of carbonyl (C=O) groups is 3. The molecule has 0 spiro atoms. The van der Waals surface area contributed by atoms with Gasteiger partial charge in [-0.25, -0.2) is 0 Å². The predicted octanol–water partition coefficient (Wildman–Crippen LogP) is 15.7. The van der Waals surface area contributed by atoms with Crippen LogP contribution in [0.25, 0.3) is 0 Å². The molecule has 334 valence electrons. The first-order valence-electron chi connectivity index (χ1n) is 24.3. The summed E-state index contributed by atoms with van der Waals surface area (Å²) in [5, 5.41) is 0. The Morgan fingerprint density at radius 3 is 1.05 bits per heavy atom. The lowest BCUT2D eigenvalue weighted by atomic mass is 10.0. The third-order valence-corrected chi connectivity index (χ3v) is 10.3. The van der Waals surface area contributed by atoms with Gasteiger partial charge in [0.25, 0.3) is 0 Å². The topological polar surface area (TPSA) is 78.9 Å². The first kappa shape index (κ1) is 55.1. The highest BCUT2D eigenvalue weighted by Crippen LogP contribution is 2.15. The molecule has 0 rings (SSSR count). The van der Waals surface area contributed by atoms with Crippen molar-refractivity contribution in [2.45, 2.75) is 239 Å². The van der Waals surface area contributed by atoms with E-state index in [1.54, 1.807) is 0 Å². The van der Waals surface area contributed by atoms with Gasteiger partial charge in [0.2, 0.25) is 0 Å². The van der Waals surface area contributed by atoms with E-state index in [1.807, 2.05) is 0 Å². The zero-order valence-corrected chi connectivity index (χ0v) is 38.0. The Balaban J connectivity index is 4.42. The second-order valence-electron chi connectivity index (χ2n) is 16.0. The number of unbranched alkanes of at least 4 members (excludes halogenated alkanes) is 22. The molecule has 0 aromatic heterocycles. The second-order valence-corrected chi connectivity index (χ2v) is 16.0. The lowest BCUT2D eigenvalue weighted by Crippen LogP contribution is -2.30. The van der Waals surface area contributed by atoms with Crippen molar-refractivity contribution in [2.75, 3.05) is 13.2 Å². The first-order chi connectivity index (χ1) is 28.5. The first-order valence-corrected chi connectivity index (χ1v) is 24.3. The van der Waals surface area contributed by atoms with Crippen molar-refractivity contribution in [3.05, 3.63) is 60.8 Å². The number of ether oxygens (including phenoxy) is 3. The molecule has 0 aromatic rings. The van der Waals surface area contributed by atoms with Crippen molar-refractivity contribution in [3.8, 4) is 0 Å². The maximum Gasteiger partial charge on any atom is 0.306 e. The number of hydrogen-bond donors (Lipinski definition) is 0. The molecule has 0 aromatic carbocycles. The highest BCUT2D eigenvalue weighted by atomic mass is 16.6. The zero-order valence-electron chi connectivity index (χ0n) is 38.0. The third kappa shape index (κ3) is 44.2. The van der Waals surface area contributed by atoms with E-state index in [-0.39, 0.29) is 31.1 Å². The van der Waals surface area contributed by atoms with Crippen molar-refractivity contribution in [2.24, 2.45) is 0 Å². The summed E-state index contributed by atoms with van der Waals surface area (Å²) in [4.78, 5) is 37.9. The molecular weight excluding hydrogens is 721 g/mol. The van der Waals surface area contributed by atoms with Gasteiger partial charge in [-0.3, -0.25) is 14.4 Å². The van der Waals surface area contributed by atoms with E-state index in [1.165, 1.54) is 83.5 Å². The van der Waals surface area contributed by atoms with Gasteiger partial charge >= 0.3 is 17.9 Å². The molecule has 0 aliphatic rings. The molecule has 6 heteroatoms. The predicted molar refractivity (Wildman–Crippen MR) is 247 cm³/mol. The Hall–Kier alpha value is -2.89. The maximum absolute atomic E-state index is 12.8. The minimum Gasteiger partial charge on any atom is -0.462 e. The van der Waals surface area contributed by atoms with E-state index >= 15 is 0 Å². The molecule has 0 radical (unpaired) electrons. The molecule has 1 unspecified atom stereocenters. The third-order valence-electron chi connectivity index (χ3n) is 10.3. The minimum absolute atomic E-state index is 0.0834. The van der Waals surface area contributed by atoms with Crippen LogP contribution in [0.15, 0.2) is 60.8 Å². The maximum atomic E-state index is 12.8. The number of carbonyl (C=O) groups excluding carboxylic acids is 3. The van der Waals surface area contributed by atoms with Crippen LogP contribution in [0.4, 0.5) is 0 Å². The van der Waals surface area contributed by atoms with Crippen LogP contribution in [-0.4, -0.2) is 37.2 Å². The summed E-state index contributed by atoms with van der Waals surface area (Å²) in [5.74, 6) is -0.914. The number of hydrogen-bond acceptors (Lipinski definition) is 6. The standard InChI is InChI=1S/C52H90O6/c1-4-7-10-13-16-19-22-25-27-30-33-36-39-42-45-51(54)57-48-49(47-56-50(53)44-41-38-35-32-29-24-21-18-15-12-9-6-3)58-52(55)46-43-40-37-34-31-28-26-23-20-17-14-11-8-5-2/h7-8,10-11,16-17,19-20,25,27,49H,4-6,9,12-15,18,21-24,26,28-48H2,1-3H3/b10-7-,11-8-,19-16-,20-17-,27-25-. The lowest BCUT2D eigenvalue weighted by Gasteiger charge is -2.18. The zero-order chi connectivity index (χ0) is 42.3. The molecule has 0 N–H and O–H groups in total. The highest BCUT2D eigenvalue weighted by molar-refractivity contribution is 5.71. The highest BCUT2D eigenvalue weighted by Gasteiger charge is 2.19. The minimum atomic E-state index is -0.784. The molecule has 0 saturated heterocycles. The summed E-state index contributed by atoms with van der Waals surface area (Å²) in [6, 6.07) is 0. The Morgan fingerprint density at radius 2 is 0.672 bits per heavy atom. The van der Waals surface area contributed by atoms with E-state index in [4.69, 9.17) is 14.2 Å².